The lowest BCUT2D eigenvalue weighted by molar-refractivity contribution is -0.122. The average Bonchev–Trinajstić information content (AvgIpc) is 3.35. The number of carbonyl (C=O) groups is 2. The van der Waals surface area contributed by atoms with Crippen molar-refractivity contribution in [1.29, 1.82) is 0 Å². The fraction of sp³-hybridized carbons (Fsp3) is 0.263. The zero-order valence-electron chi connectivity index (χ0n) is 13.6. The van der Waals surface area contributed by atoms with Gasteiger partial charge in [-0.3, -0.25) is 9.59 Å². The molecule has 0 radical (unpaired) electrons. The fourth-order valence-corrected chi connectivity index (χ4v) is 2.65. The van der Waals surface area contributed by atoms with Crippen LogP contribution in [0, 0.1) is 31.5 Å². The van der Waals surface area contributed by atoms with Crippen molar-refractivity contribution in [1.82, 2.24) is 0 Å². The molecule has 1 aliphatic carbocycles. The summed E-state index contributed by atoms with van der Waals surface area (Å²) in [5, 5.41) is 5.62. The minimum Gasteiger partial charge on any atom is -0.326 e. The van der Waals surface area contributed by atoms with E-state index in [-0.39, 0.29) is 29.5 Å². The van der Waals surface area contributed by atoms with Gasteiger partial charge < -0.3 is 10.6 Å². The summed E-state index contributed by atoms with van der Waals surface area (Å²) in [6, 6.07) is 11.3. The molecule has 24 heavy (non-hydrogen) atoms. The predicted octanol–water partition coefficient (Wildman–Crippen LogP) is 3.66. The maximum Gasteiger partial charge on any atom is 0.228 e. The molecule has 4 nitrogen and oxygen atoms in total. The normalized spacial score (nSPS) is 18.8. The highest BCUT2D eigenvalue weighted by Crippen LogP contribution is 2.40. The molecule has 0 bridgehead atoms. The summed E-state index contributed by atoms with van der Waals surface area (Å²) in [5.74, 6) is -1.35. The molecule has 2 amide bonds. The number of halogens is 1. The molecule has 0 spiro atoms. The summed E-state index contributed by atoms with van der Waals surface area (Å²) in [6.07, 6.45) is 0.531. The van der Waals surface area contributed by atoms with Crippen LogP contribution in [-0.4, -0.2) is 11.8 Å². The molecule has 0 heterocycles. The highest BCUT2D eigenvalue weighted by molar-refractivity contribution is 6.03. The van der Waals surface area contributed by atoms with Gasteiger partial charge in [0.2, 0.25) is 11.8 Å². The molecule has 5 heteroatoms. The number of carbonyl (C=O) groups excluding carboxylic acids is 2. The molecular formula is C19H19FN2O2. The molecule has 2 aromatic carbocycles. The highest BCUT2D eigenvalue weighted by atomic mass is 19.1. The minimum atomic E-state index is -0.356. The average molecular weight is 326 g/mol. The van der Waals surface area contributed by atoms with Crippen molar-refractivity contribution in [3.8, 4) is 0 Å². The molecular weight excluding hydrogens is 307 g/mol. The summed E-state index contributed by atoms with van der Waals surface area (Å²) in [4.78, 5) is 24.5. The molecule has 2 unspecified atom stereocenters. The Bertz CT molecular complexity index is 786. The van der Waals surface area contributed by atoms with Gasteiger partial charge in [-0.05, 0) is 61.7 Å². The van der Waals surface area contributed by atoms with Crippen molar-refractivity contribution < 1.29 is 14.0 Å². The van der Waals surface area contributed by atoms with Crippen molar-refractivity contribution in [3.05, 3.63) is 59.4 Å². The second kappa shape index (κ2) is 6.43. The Morgan fingerprint density at radius 3 is 2.25 bits per heavy atom. The molecule has 2 aromatic rings. The van der Waals surface area contributed by atoms with Crippen LogP contribution in [-0.2, 0) is 9.59 Å². The summed E-state index contributed by atoms with van der Waals surface area (Å²) in [6.45, 7) is 3.94. The van der Waals surface area contributed by atoms with Gasteiger partial charge in [0.05, 0.1) is 11.8 Å². The molecule has 0 saturated heterocycles. The predicted molar refractivity (Wildman–Crippen MR) is 91.2 cm³/mol. The number of nitrogens with one attached hydrogen (secondary N) is 2. The SMILES string of the molecule is Cc1cccc(NC(=O)C2CC2C(=O)Nc2ccc(F)cc2)c1C. The zero-order chi connectivity index (χ0) is 17.3. The van der Waals surface area contributed by atoms with Gasteiger partial charge in [0.1, 0.15) is 5.82 Å². The van der Waals surface area contributed by atoms with E-state index in [1.807, 2.05) is 32.0 Å². The molecule has 1 saturated carbocycles. The van der Waals surface area contributed by atoms with Crippen molar-refractivity contribution in [2.75, 3.05) is 10.6 Å². The van der Waals surface area contributed by atoms with E-state index >= 15 is 0 Å². The minimum absolute atomic E-state index is 0.136. The van der Waals surface area contributed by atoms with Gasteiger partial charge in [-0.2, -0.15) is 0 Å². The quantitative estimate of drug-likeness (QED) is 0.901. The third kappa shape index (κ3) is 3.45. The Kier molecular flexibility index (Phi) is 4.34. The Labute approximate surface area is 140 Å². The number of anilines is 2. The number of benzene rings is 2. The Balaban J connectivity index is 1.58. The van der Waals surface area contributed by atoms with Crippen LogP contribution in [0.4, 0.5) is 15.8 Å². The van der Waals surface area contributed by atoms with Crippen LogP contribution < -0.4 is 10.6 Å². The van der Waals surface area contributed by atoms with E-state index in [1.165, 1.54) is 24.3 Å². The summed E-state index contributed by atoms with van der Waals surface area (Å²) >= 11 is 0. The van der Waals surface area contributed by atoms with Crippen LogP contribution in [0.5, 0.6) is 0 Å². The lowest BCUT2D eigenvalue weighted by atomic mass is 10.1. The maximum absolute atomic E-state index is 12.9. The van der Waals surface area contributed by atoms with Gasteiger partial charge in [-0.1, -0.05) is 12.1 Å². The van der Waals surface area contributed by atoms with Gasteiger partial charge >= 0.3 is 0 Å². The third-order valence-electron chi connectivity index (χ3n) is 4.44. The lowest BCUT2D eigenvalue weighted by Crippen LogP contribution is -2.21. The van der Waals surface area contributed by atoms with Crippen molar-refractivity contribution in [2.45, 2.75) is 20.3 Å². The number of rotatable bonds is 4. The van der Waals surface area contributed by atoms with Crippen LogP contribution in [0.2, 0.25) is 0 Å². The van der Waals surface area contributed by atoms with Crippen LogP contribution in [0.3, 0.4) is 0 Å². The highest BCUT2D eigenvalue weighted by Gasteiger charge is 2.48. The first-order valence-electron chi connectivity index (χ1n) is 7.89. The van der Waals surface area contributed by atoms with Gasteiger partial charge in [0.15, 0.2) is 0 Å². The molecule has 0 aromatic heterocycles. The lowest BCUT2D eigenvalue weighted by Gasteiger charge is -2.10. The zero-order valence-corrected chi connectivity index (χ0v) is 13.6. The number of amides is 2. The largest absolute Gasteiger partial charge is 0.326 e. The first kappa shape index (κ1) is 16.2. The number of hydrogen-bond donors (Lipinski definition) is 2. The van der Waals surface area contributed by atoms with E-state index in [2.05, 4.69) is 10.6 Å². The molecule has 2 atom stereocenters. The topological polar surface area (TPSA) is 58.2 Å². The Hall–Kier alpha value is -2.69. The van der Waals surface area contributed by atoms with Crippen LogP contribution in [0.1, 0.15) is 17.5 Å². The smallest absolute Gasteiger partial charge is 0.228 e. The van der Waals surface area contributed by atoms with Gasteiger partial charge in [-0.25, -0.2) is 4.39 Å². The van der Waals surface area contributed by atoms with Gasteiger partial charge in [0.25, 0.3) is 0 Å². The fourth-order valence-electron chi connectivity index (χ4n) is 2.65. The van der Waals surface area contributed by atoms with Crippen LogP contribution in [0.25, 0.3) is 0 Å². The summed E-state index contributed by atoms with van der Waals surface area (Å²) in [7, 11) is 0. The summed E-state index contributed by atoms with van der Waals surface area (Å²) in [5.41, 5.74) is 3.44. The van der Waals surface area contributed by atoms with Crippen molar-refractivity contribution >= 4 is 23.2 Å². The second-order valence-corrected chi connectivity index (χ2v) is 6.18. The maximum atomic E-state index is 12.9. The second-order valence-electron chi connectivity index (χ2n) is 6.18. The molecule has 124 valence electrons. The van der Waals surface area contributed by atoms with E-state index in [0.29, 0.717) is 12.1 Å². The van der Waals surface area contributed by atoms with Gasteiger partial charge in [-0.15, -0.1) is 0 Å². The first-order chi connectivity index (χ1) is 11.5. The van der Waals surface area contributed by atoms with E-state index in [4.69, 9.17) is 0 Å². The van der Waals surface area contributed by atoms with E-state index in [1.54, 1.807) is 0 Å². The standard InChI is InChI=1S/C19H19FN2O2/c1-11-4-3-5-17(12(11)2)22-19(24)16-10-15(16)18(23)21-14-8-6-13(20)7-9-14/h3-9,15-16H,10H2,1-2H3,(H,21,23)(H,22,24). The van der Waals surface area contributed by atoms with E-state index in [9.17, 15) is 14.0 Å². The first-order valence-corrected chi connectivity index (χ1v) is 7.89. The van der Waals surface area contributed by atoms with Crippen molar-refractivity contribution in [2.24, 2.45) is 11.8 Å². The Morgan fingerprint density at radius 2 is 1.58 bits per heavy atom. The molecule has 2 N–H and O–H groups in total. The Morgan fingerprint density at radius 1 is 0.958 bits per heavy atom. The molecule has 3 rings (SSSR count). The van der Waals surface area contributed by atoms with E-state index in [0.717, 1.165) is 16.8 Å². The molecule has 0 aliphatic heterocycles. The van der Waals surface area contributed by atoms with Crippen LogP contribution in [0.15, 0.2) is 42.5 Å². The number of hydrogen-bond acceptors (Lipinski definition) is 2. The van der Waals surface area contributed by atoms with Crippen molar-refractivity contribution in [3.63, 3.8) is 0 Å². The number of aryl methyl sites for hydroxylation is 1. The molecule has 1 aliphatic rings. The molecule has 1 fully saturated rings. The summed E-state index contributed by atoms with van der Waals surface area (Å²) < 4.78 is 12.9. The monoisotopic (exact) mass is 326 g/mol. The van der Waals surface area contributed by atoms with Gasteiger partial charge in [0, 0.05) is 11.4 Å². The van der Waals surface area contributed by atoms with E-state index < -0.39 is 0 Å². The third-order valence-corrected chi connectivity index (χ3v) is 4.44. The van der Waals surface area contributed by atoms with Crippen LogP contribution >= 0.6 is 0 Å².